The summed E-state index contributed by atoms with van der Waals surface area (Å²) in [6.07, 6.45) is 3.44. The molecule has 0 atom stereocenters. The Kier molecular flexibility index (Phi) is 4.59. The number of carboxylic acid groups (broad SMARTS) is 1. The molecule has 0 radical (unpaired) electrons. The van der Waals surface area contributed by atoms with Crippen molar-refractivity contribution in [2.75, 3.05) is 6.54 Å². The van der Waals surface area contributed by atoms with Crippen molar-refractivity contribution < 1.29 is 19.5 Å². The van der Waals surface area contributed by atoms with Crippen LogP contribution in [0.5, 0.6) is 0 Å². The van der Waals surface area contributed by atoms with Gasteiger partial charge in [0, 0.05) is 0 Å². The summed E-state index contributed by atoms with van der Waals surface area (Å²) >= 11 is 0.729. The minimum absolute atomic E-state index is 0.214. The van der Waals surface area contributed by atoms with Gasteiger partial charge in [0.05, 0.1) is 17.4 Å². The zero-order chi connectivity index (χ0) is 15.4. The Balaban J connectivity index is 2.18. The maximum atomic E-state index is 11.9. The number of carbonyl (C=O) groups is 3. The van der Waals surface area contributed by atoms with E-state index in [1.807, 2.05) is 36.4 Å². The second-order valence-corrected chi connectivity index (χ2v) is 5.43. The van der Waals surface area contributed by atoms with Gasteiger partial charge in [0.15, 0.2) is 0 Å². The lowest BCUT2D eigenvalue weighted by Gasteiger charge is -2.12. The predicted molar refractivity (Wildman–Crippen MR) is 77.9 cm³/mol. The van der Waals surface area contributed by atoms with Gasteiger partial charge in [0.25, 0.3) is 11.1 Å². The zero-order valence-corrected chi connectivity index (χ0v) is 12.1. The van der Waals surface area contributed by atoms with Gasteiger partial charge in [-0.05, 0) is 35.9 Å². The monoisotopic (exact) mass is 302 g/mol. The van der Waals surface area contributed by atoms with E-state index in [0.29, 0.717) is 4.90 Å². The summed E-state index contributed by atoms with van der Waals surface area (Å²) in [6, 6.07) is 9.52. The summed E-state index contributed by atoms with van der Waals surface area (Å²) in [7, 11) is 0. The van der Waals surface area contributed by atoms with E-state index in [9.17, 15) is 19.5 Å². The molecular weight excluding hydrogens is 290 g/mol. The molecule has 6 heteroatoms. The zero-order valence-electron chi connectivity index (χ0n) is 11.2. The van der Waals surface area contributed by atoms with Gasteiger partial charge >= 0.3 is 0 Å². The molecule has 0 aromatic heterocycles. The average Bonchev–Trinajstić information content (AvgIpc) is 2.67. The molecule has 0 bridgehead atoms. The first-order valence-corrected chi connectivity index (χ1v) is 6.97. The van der Waals surface area contributed by atoms with Crippen LogP contribution in [-0.2, 0) is 9.59 Å². The molecule has 1 saturated heterocycles. The summed E-state index contributed by atoms with van der Waals surface area (Å²) in [4.78, 5) is 34.9. The number of hydrogen-bond donors (Lipinski definition) is 0. The van der Waals surface area contributed by atoms with Gasteiger partial charge in [-0.25, -0.2) is 0 Å². The Labute approximate surface area is 125 Å². The highest BCUT2D eigenvalue weighted by Crippen LogP contribution is 2.31. The van der Waals surface area contributed by atoms with Crippen molar-refractivity contribution in [1.29, 1.82) is 0 Å². The number of nitrogens with zero attached hydrogens (tertiary/aromatic N) is 1. The Morgan fingerprint density at radius 2 is 1.95 bits per heavy atom. The summed E-state index contributed by atoms with van der Waals surface area (Å²) in [5.41, 5.74) is 1.76. The summed E-state index contributed by atoms with van der Waals surface area (Å²) in [5, 5.41) is 9.92. The fourth-order valence-electron chi connectivity index (χ4n) is 1.83. The molecule has 1 aromatic carbocycles. The lowest BCUT2D eigenvalue weighted by atomic mass is 10.1. The number of carboxylic acids is 1. The third-order valence-corrected chi connectivity index (χ3v) is 3.62. The molecule has 1 fully saturated rings. The lowest BCUT2D eigenvalue weighted by molar-refractivity contribution is -0.305. The second kappa shape index (κ2) is 6.41. The molecule has 0 aliphatic carbocycles. The molecule has 5 nitrogen and oxygen atoms in total. The lowest BCUT2D eigenvalue weighted by Crippen LogP contribution is -2.40. The molecule has 1 aromatic rings. The van der Waals surface area contributed by atoms with Crippen LogP contribution in [-0.4, -0.2) is 28.6 Å². The van der Waals surface area contributed by atoms with Crippen LogP contribution in [0.2, 0.25) is 0 Å². The van der Waals surface area contributed by atoms with Gasteiger partial charge in [0.1, 0.15) is 0 Å². The molecule has 0 N–H and O–H groups in total. The highest BCUT2D eigenvalue weighted by atomic mass is 32.2. The number of imide groups is 1. The molecule has 2 rings (SSSR count). The minimum Gasteiger partial charge on any atom is -0.548 e. The molecule has 21 heavy (non-hydrogen) atoms. The molecule has 0 unspecified atom stereocenters. The second-order valence-electron chi connectivity index (χ2n) is 4.44. The van der Waals surface area contributed by atoms with E-state index in [4.69, 9.17) is 0 Å². The molecule has 1 aliphatic rings. The largest absolute Gasteiger partial charge is 0.548 e. The maximum Gasteiger partial charge on any atom is 0.293 e. The van der Waals surface area contributed by atoms with Crippen molar-refractivity contribution in [3.8, 4) is 0 Å². The fraction of sp³-hybridized carbons (Fsp3) is 0.133. The van der Waals surface area contributed by atoms with Crippen molar-refractivity contribution in [2.45, 2.75) is 6.92 Å². The van der Waals surface area contributed by atoms with Crippen LogP contribution < -0.4 is 5.11 Å². The number of thioether (sulfide) groups is 1. The van der Waals surface area contributed by atoms with Gasteiger partial charge in [0.2, 0.25) is 0 Å². The number of carbonyl (C=O) groups excluding carboxylic acids is 3. The van der Waals surface area contributed by atoms with Crippen LogP contribution >= 0.6 is 11.8 Å². The SMILES string of the molecule is CC(/C=C1\SC(=O)N(CC(=O)[O-])C1=O)=C\c1ccccc1. The Morgan fingerprint density at radius 3 is 2.57 bits per heavy atom. The Bertz CT molecular complexity index is 649. The smallest absolute Gasteiger partial charge is 0.293 e. The molecule has 0 saturated carbocycles. The van der Waals surface area contributed by atoms with Crippen molar-refractivity contribution >= 4 is 35.0 Å². The number of hydrogen-bond acceptors (Lipinski definition) is 5. The van der Waals surface area contributed by atoms with Gasteiger partial charge in [-0.3, -0.25) is 14.5 Å². The van der Waals surface area contributed by atoms with Crippen molar-refractivity contribution in [3.05, 3.63) is 52.4 Å². The maximum absolute atomic E-state index is 11.9. The van der Waals surface area contributed by atoms with Crippen molar-refractivity contribution in [3.63, 3.8) is 0 Å². The van der Waals surface area contributed by atoms with Crippen LogP contribution in [0, 0.1) is 0 Å². The first-order valence-electron chi connectivity index (χ1n) is 6.16. The third kappa shape index (κ3) is 3.82. The fourth-order valence-corrected chi connectivity index (χ4v) is 2.71. The van der Waals surface area contributed by atoms with E-state index in [-0.39, 0.29) is 4.91 Å². The summed E-state index contributed by atoms with van der Waals surface area (Å²) < 4.78 is 0. The summed E-state index contributed by atoms with van der Waals surface area (Å²) in [5.74, 6) is -2.06. The third-order valence-electron chi connectivity index (χ3n) is 2.71. The standard InChI is InChI=1S/C15H13NO4S/c1-10(7-11-5-3-2-4-6-11)8-12-14(19)16(9-13(17)18)15(20)21-12/h2-8H,9H2,1H3,(H,17,18)/p-1/b10-7+,12-8-. The van der Waals surface area contributed by atoms with Crippen LogP contribution in [0.1, 0.15) is 12.5 Å². The molecule has 1 aliphatic heterocycles. The van der Waals surface area contributed by atoms with Gasteiger partial charge in [-0.15, -0.1) is 0 Å². The predicted octanol–water partition coefficient (Wildman–Crippen LogP) is 1.42. The highest BCUT2D eigenvalue weighted by Gasteiger charge is 2.34. The number of rotatable bonds is 4. The van der Waals surface area contributed by atoms with E-state index >= 15 is 0 Å². The number of amides is 2. The van der Waals surface area contributed by atoms with Crippen LogP contribution in [0.3, 0.4) is 0 Å². The first kappa shape index (κ1) is 15.1. The van der Waals surface area contributed by atoms with Crippen LogP contribution in [0.25, 0.3) is 6.08 Å². The van der Waals surface area contributed by atoms with Gasteiger partial charge in [-0.1, -0.05) is 36.4 Å². The van der Waals surface area contributed by atoms with Crippen LogP contribution in [0.4, 0.5) is 4.79 Å². The number of benzene rings is 1. The molecular formula is C15H12NO4S-. The molecule has 108 valence electrons. The van der Waals surface area contributed by atoms with E-state index < -0.39 is 23.7 Å². The molecule has 0 spiro atoms. The topological polar surface area (TPSA) is 77.5 Å². The molecule has 1 heterocycles. The number of allylic oxidation sites excluding steroid dienone is 2. The number of aliphatic carboxylic acids is 1. The van der Waals surface area contributed by atoms with E-state index in [0.717, 1.165) is 22.9 Å². The Morgan fingerprint density at radius 1 is 1.29 bits per heavy atom. The highest BCUT2D eigenvalue weighted by molar-refractivity contribution is 8.18. The van der Waals surface area contributed by atoms with Crippen molar-refractivity contribution in [1.82, 2.24) is 4.90 Å². The average molecular weight is 302 g/mol. The van der Waals surface area contributed by atoms with E-state index in [1.54, 1.807) is 13.0 Å². The van der Waals surface area contributed by atoms with Gasteiger partial charge in [-0.2, -0.15) is 0 Å². The van der Waals surface area contributed by atoms with Crippen molar-refractivity contribution in [2.24, 2.45) is 0 Å². The summed E-state index contributed by atoms with van der Waals surface area (Å²) in [6.45, 7) is 1.09. The van der Waals surface area contributed by atoms with Crippen LogP contribution in [0.15, 0.2) is 46.9 Å². The first-order chi connectivity index (χ1) is 9.97. The van der Waals surface area contributed by atoms with E-state index in [2.05, 4.69) is 0 Å². The quantitative estimate of drug-likeness (QED) is 0.786. The Hall–Kier alpha value is -2.34. The van der Waals surface area contributed by atoms with Gasteiger partial charge < -0.3 is 9.90 Å². The normalized spacial score (nSPS) is 17.7. The van der Waals surface area contributed by atoms with E-state index in [1.165, 1.54) is 0 Å². The molecule has 2 amide bonds. The minimum atomic E-state index is -1.46.